The maximum absolute atomic E-state index is 12.0. The summed E-state index contributed by atoms with van der Waals surface area (Å²) >= 11 is 0. The van der Waals surface area contributed by atoms with Crippen LogP contribution in [0.1, 0.15) is 29.5 Å². The van der Waals surface area contributed by atoms with Crippen molar-refractivity contribution >= 4 is 16.9 Å². The van der Waals surface area contributed by atoms with E-state index in [9.17, 15) is 9.59 Å². The fourth-order valence-electron chi connectivity index (χ4n) is 4.07. The molecule has 138 valence electrons. The lowest BCUT2D eigenvalue weighted by Crippen LogP contribution is -2.57. The molecule has 2 saturated heterocycles. The molecule has 2 aliphatic heterocycles. The molecule has 0 unspecified atom stereocenters. The highest BCUT2D eigenvalue weighted by Gasteiger charge is 2.38. The van der Waals surface area contributed by atoms with Gasteiger partial charge in [0.25, 0.3) is 0 Å². The maximum atomic E-state index is 12.0. The van der Waals surface area contributed by atoms with Gasteiger partial charge >= 0.3 is 5.63 Å². The number of fused-ring (bicyclic) bond motifs is 1. The van der Waals surface area contributed by atoms with E-state index in [2.05, 4.69) is 23.2 Å². The number of aryl methyl sites for hydroxylation is 2. The summed E-state index contributed by atoms with van der Waals surface area (Å²) in [4.78, 5) is 25.7. The maximum Gasteiger partial charge on any atom is 0.336 e. The molecule has 2 fully saturated rings. The Labute approximate surface area is 152 Å². The van der Waals surface area contributed by atoms with Gasteiger partial charge in [-0.25, -0.2) is 4.79 Å². The Kier molecular flexibility index (Phi) is 4.32. The molecular formula is C20H24N2O4. The normalized spacial score (nSPS) is 20.5. The summed E-state index contributed by atoms with van der Waals surface area (Å²) in [5.41, 5.74) is 3.32. The molecule has 0 atom stereocenters. The van der Waals surface area contributed by atoms with Crippen LogP contribution >= 0.6 is 0 Å². The van der Waals surface area contributed by atoms with Crippen LogP contribution in [-0.2, 0) is 16.1 Å². The van der Waals surface area contributed by atoms with Crippen LogP contribution in [0.4, 0.5) is 0 Å². The van der Waals surface area contributed by atoms with E-state index in [4.69, 9.17) is 9.15 Å². The van der Waals surface area contributed by atoms with Crippen LogP contribution < -0.4 is 10.9 Å². The minimum Gasteiger partial charge on any atom is -0.422 e. The molecule has 0 saturated carbocycles. The smallest absolute Gasteiger partial charge is 0.336 e. The third-order valence-electron chi connectivity index (χ3n) is 5.54. The summed E-state index contributed by atoms with van der Waals surface area (Å²) in [6, 6.07) is 5.74. The summed E-state index contributed by atoms with van der Waals surface area (Å²) in [6.45, 7) is 7.25. The summed E-state index contributed by atoms with van der Waals surface area (Å²) in [5, 5.41) is 3.93. The number of rotatable bonds is 2. The Morgan fingerprint density at radius 1 is 1.15 bits per heavy atom. The fourth-order valence-corrected chi connectivity index (χ4v) is 4.07. The van der Waals surface area contributed by atoms with Gasteiger partial charge in [0.15, 0.2) is 0 Å². The van der Waals surface area contributed by atoms with E-state index >= 15 is 0 Å². The summed E-state index contributed by atoms with van der Waals surface area (Å²) in [6.07, 6.45) is 1.76. The number of carbonyl (C=O) groups excluding carboxylic acids is 1. The molecule has 6 nitrogen and oxygen atoms in total. The number of likely N-dealkylation sites (tertiary alicyclic amines) is 1. The van der Waals surface area contributed by atoms with Crippen molar-refractivity contribution in [3.8, 4) is 0 Å². The molecule has 6 heteroatoms. The second-order valence-corrected chi connectivity index (χ2v) is 7.57. The highest BCUT2D eigenvalue weighted by molar-refractivity contribution is 5.83. The van der Waals surface area contributed by atoms with Crippen LogP contribution in [0.25, 0.3) is 11.0 Å². The fraction of sp³-hybridized carbons (Fsp3) is 0.500. The van der Waals surface area contributed by atoms with Crippen molar-refractivity contribution in [2.45, 2.75) is 38.8 Å². The molecule has 2 aromatic rings. The molecule has 1 spiro atoms. The van der Waals surface area contributed by atoms with E-state index in [1.165, 1.54) is 0 Å². The van der Waals surface area contributed by atoms with Gasteiger partial charge in [0.1, 0.15) is 12.2 Å². The largest absolute Gasteiger partial charge is 0.422 e. The van der Waals surface area contributed by atoms with Gasteiger partial charge in [0, 0.05) is 37.6 Å². The lowest BCUT2D eigenvalue weighted by molar-refractivity contribution is -0.150. The van der Waals surface area contributed by atoms with Gasteiger partial charge in [-0.1, -0.05) is 6.07 Å². The average molecular weight is 356 g/mol. The molecule has 2 aliphatic rings. The molecule has 1 aromatic heterocycles. The Morgan fingerprint density at radius 3 is 2.62 bits per heavy atom. The number of carbonyl (C=O) groups is 1. The van der Waals surface area contributed by atoms with Crippen LogP contribution in [0.5, 0.6) is 0 Å². The number of morpholine rings is 1. The number of benzene rings is 1. The molecular weight excluding hydrogens is 332 g/mol. The quantitative estimate of drug-likeness (QED) is 0.832. The summed E-state index contributed by atoms with van der Waals surface area (Å²) < 4.78 is 11.3. The van der Waals surface area contributed by atoms with E-state index in [1.54, 1.807) is 6.07 Å². The topological polar surface area (TPSA) is 71.8 Å². The lowest BCUT2D eigenvalue weighted by atomic mass is 9.89. The average Bonchev–Trinajstić information content (AvgIpc) is 2.61. The predicted molar refractivity (Wildman–Crippen MR) is 98.2 cm³/mol. The van der Waals surface area contributed by atoms with E-state index in [0.717, 1.165) is 48.0 Å². The van der Waals surface area contributed by atoms with Crippen molar-refractivity contribution in [2.24, 2.45) is 0 Å². The van der Waals surface area contributed by atoms with Gasteiger partial charge < -0.3 is 14.5 Å². The standard InChI is InChI=1S/C20H24N2O4/c1-13-7-14(2)19-16(8-13)15(9-18(24)26-19)10-22-5-3-20(4-6-22)12-21-17(23)11-25-20/h7-9H,3-6,10-12H2,1-2H3,(H,21,23). The second kappa shape index (κ2) is 6.52. The molecule has 1 N–H and O–H groups in total. The number of hydrogen-bond acceptors (Lipinski definition) is 5. The van der Waals surface area contributed by atoms with Crippen molar-refractivity contribution in [2.75, 3.05) is 26.2 Å². The molecule has 1 amide bonds. The van der Waals surface area contributed by atoms with Crippen LogP contribution in [0, 0.1) is 13.8 Å². The first kappa shape index (κ1) is 17.2. The molecule has 1 aromatic carbocycles. The SMILES string of the molecule is Cc1cc(C)c2oc(=O)cc(CN3CCC4(CC3)CNC(=O)CO4)c2c1. The van der Waals surface area contributed by atoms with Gasteiger partial charge in [0.2, 0.25) is 5.91 Å². The third-order valence-corrected chi connectivity index (χ3v) is 5.54. The van der Waals surface area contributed by atoms with E-state index in [0.29, 0.717) is 18.7 Å². The number of nitrogens with zero attached hydrogens (tertiary/aromatic N) is 1. The van der Waals surface area contributed by atoms with Crippen molar-refractivity contribution < 1.29 is 13.9 Å². The number of nitrogens with one attached hydrogen (secondary N) is 1. The first-order valence-electron chi connectivity index (χ1n) is 9.11. The minimum atomic E-state index is -0.300. The summed E-state index contributed by atoms with van der Waals surface area (Å²) in [7, 11) is 0. The Balaban J connectivity index is 1.54. The Hall–Kier alpha value is -2.18. The molecule has 0 radical (unpaired) electrons. The van der Waals surface area contributed by atoms with E-state index in [-0.39, 0.29) is 23.7 Å². The van der Waals surface area contributed by atoms with E-state index < -0.39 is 0 Å². The highest BCUT2D eigenvalue weighted by Crippen LogP contribution is 2.30. The molecule has 0 bridgehead atoms. The Bertz CT molecular complexity index is 898. The lowest BCUT2D eigenvalue weighted by Gasteiger charge is -2.43. The number of amides is 1. The van der Waals surface area contributed by atoms with Crippen LogP contribution in [0.3, 0.4) is 0 Å². The van der Waals surface area contributed by atoms with Crippen LogP contribution in [0.2, 0.25) is 0 Å². The van der Waals surface area contributed by atoms with Crippen LogP contribution in [0.15, 0.2) is 27.4 Å². The number of hydrogen-bond donors (Lipinski definition) is 1. The monoisotopic (exact) mass is 356 g/mol. The minimum absolute atomic E-state index is 0.0359. The zero-order valence-corrected chi connectivity index (χ0v) is 15.3. The zero-order valence-electron chi connectivity index (χ0n) is 15.3. The van der Waals surface area contributed by atoms with Gasteiger partial charge in [-0.3, -0.25) is 9.69 Å². The van der Waals surface area contributed by atoms with E-state index in [1.807, 2.05) is 13.0 Å². The van der Waals surface area contributed by atoms with Crippen molar-refractivity contribution in [3.63, 3.8) is 0 Å². The molecule has 0 aliphatic carbocycles. The Morgan fingerprint density at radius 2 is 1.92 bits per heavy atom. The van der Waals surface area contributed by atoms with Crippen molar-refractivity contribution in [1.82, 2.24) is 10.2 Å². The van der Waals surface area contributed by atoms with Gasteiger partial charge in [-0.05, 0) is 49.4 Å². The van der Waals surface area contributed by atoms with Crippen molar-refractivity contribution in [1.29, 1.82) is 0 Å². The predicted octanol–water partition coefficient (Wildman–Crippen LogP) is 1.89. The molecule has 4 rings (SSSR count). The van der Waals surface area contributed by atoms with Gasteiger partial charge in [-0.2, -0.15) is 0 Å². The van der Waals surface area contributed by atoms with Crippen molar-refractivity contribution in [3.05, 3.63) is 45.3 Å². The van der Waals surface area contributed by atoms with Crippen LogP contribution in [-0.4, -0.2) is 42.6 Å². The summed E-state index contributed by atoms with van der Waals surface area (Å²) in [5.74, 6) is -0.0359. The first-order chi connectivity index (χ1) is 12.4. The third kappa shape index (κ3) is 3.27. The second-order valence-electron chi connectivity index (χ2n) is 7.57. The molecule has 26 heavy (non-hydrogen) atoms. The zero-order chi connectivity index (χ0) is 18.3. The van der Waals surface area contributed by atoms with Gasteiger partial charge in [0.05, 0.1) is 5.60 Å². The number of piperidine rings is 1. The van der Waals surface area contributed by atoms with Gasteiger partial charge in [-0.15, -0.1) is 0 Å². The first-order valence-corrected chi connectivity index (χ1v) is 9.11. The molecule has 3 heterocycles. The highest BCUT2D eigenvalue weighted by atomic mass is 16.5. The number of ether oxygens (including phenoxy) is 1.